The second-order valence-corrected chi connectivity index (χ2v) is 7.15. The van der Waals surface area contributed by atoms with Gasteiger partial charge in [-0.15, -0.1) is 0 Å². The summed E-state index contributed by atoms with van der Waals surface area (Å²) in [6.45, 7) is 0. The number of para-hydroxylation sites is 1. The van der Waals surface area contributed by atoms with Gasteiger partial charge < -0.3 is 15.2 Å². The molecule has 120 valence electrons. The average molecular weight is 487 g/mol. The van der Waals surface area contributed by atoms with Crippen molar-refractivity contribution in [1.29, 1.82) is 0 Å². The van der Waals surface area contributed by atoms with Gasteiger partial charge >= 0.3 is 0 Å². The Kier molecular flexibility index (Phi) is 6.59. The van der Waals surface area contributed by atoms with Crippen LogP contribution in [-0.4, -0.2) is 11.9 Å². The van der Waals surface area contributed by atoms with E-state index in [0.717, 1.165) is 13.6 Å². The van der Waals surface area contributed by atoms with Gasteiger partial charge in [-0.05, 0) is 65.3 Å². The van der Waals surface area contributed by atoms with E-state index in [1.54, 1.807) is 6.07 Å². The van der Waals surface area contributed by atoms with Crippen molar-refractivity contribution in [2.24, 2.45) is 5.92 Å². The van der Waals surface area contributed by atoms with Gasteiger partial charge in [-0.25, -0.2) is 0 Å². The summed E-state index contributed by atoms with van der Waals surface area (Å²) in [7, 11) is 0. The smallest absolute Gasteiger partial charge is 0.228 e. The number of carboxylic acid groups (broad SMARTS) is 1. The van der Waals surface area contributed by atoms with Gasteiger partial charge in [-0.2, -0.15) is 0 Å². The number of carboxylic acids is 1. The van der Waals surface area contributed by atoms with Crippen LogP contribution in [0.1, 0.15) is 12.0 Å². The summed E-state index contributed by atoms with van der Waals surface area (Å²) in [6.07, 6.45) is 0.0296. The molecule has 0 aromatic heterocycles. The minimum atomic E-state index is -1.23. The lowest BCUT2D eigenvalue weighted by atomic mass is 9.95. The number of hydrogen-bond donors (Lipinski definition) is 1. The molecule has 0 saturated carbocycles. The minimum absolute atomic E-state index is 0.314. The molecule has 0 fully saturated rings. The molecule has 0 heterocycles. The average Bonchev–Trinajstić information content (AvgIpc) is 2.50. The molecule has 1 amide bonds. The van der Waals surface area contributed by atoms with E-state index >= 15 is 0 Å². The van der Waals surface area contributed by atoms with Crippen LogP contribution in [0.3, 0.4) is 0 Å². The molecule has 1 atom stereocenters. The summed E-state index contributed by atoms with van der Waals surface area (Å²) in [5.74, 6) is -2.23. The first-order valence-corrected chi connectivity index (χ1v) is 8.82. The maximum absolute atomic E-state index is 12.5. The monoisotopic (exact) mass is 486 g/mol. The van der Waals surface area contributed by atoms with Crippen LogP contribution < -0.4 is 10.4 Å². The number of carbonyl (C=O) groups is 2. The lowest BCUT2D eigenvalue weighted by molar-refractivity contribution is -0.306. The van der Waals surface area contributed by atoms with E-state index in [1.807, 2.05) is 42.5 Å². The van der Waals surface area contributed by atoms with E-state index in [1.165, 1.54) is 0 Å². The summed E-state index contributed by atoms with van der Waals surface area (Å²) < 4.78 is 1.83. The maximum atomic E-state index is 12.5. The van der Waals surface area contributed by atoms with Crippen LogP contribution in [0.5, 0.6) is 0 Å². The number of amides is 1. The highest BCUT2D eigenvalue weighted by molar-refractivity contribution is 14.1. The van der Waals surface area contributed by atoms with E-state index in [4.69, 9.17) is 0 Å². The first-order valence-electron chi connectivity index (χ1n) is 6.95. The zero-order chi connectivity index (χ0) is 16.8. The number of nitrogens with one attached hydrogen (secondary N) is 1. The van der Waals surface area contributed by atoms with Crippen LogP contribution in [0, 0.1) is 9.49 Å². The van der Waals surface area contributed by atoms with Crippen molar-refractivity contribution in [2.75, 3.05) is 5.32 Å². The second kappa shape index (κ2) is 8.44. The van der Waals surface area contributed by atoms with Crippen LogP contribution in [-0.2, 0) is 16.0 Å². The number of rotatable bonds is 6. The minimum Gasteiger partial charge on any atom is -0.550 e. The van der Waals surface area contributed by atoms with Crippen molar-refractivity contribution in [1.82, 2.24) is 0 Å². The zero-order valence-corrected chi connectivity index (χ0v) is 15.8. The Bertz CT molecular complexity index is 703. The molecule has 0 bridgehead atoms. The Morgan fingerprint density at radius 1 is 1.13 bits per heavy atom. The molecular formula is C17H14BrINO3-. The van der Waals surface area contributed by atoms with Crippen LogP contribution in [0.2, 0.25) is 0 Å². The molecule has 0 saturated heterocycles. The van der Waals surface area contributed by atoms with Gasteiger partial charge in [0.25, 0.3) is 0 Å². The van der Waals surface area contributed by atoms with Crippen LogP contribution in [0.4, 0.5) is 5.69 Å². The lowest BCUT2D eigenvalue weighted by Gasteiger charge is -2.18. The predicted octanol–water partition coefficient (Wildman–Crippen LogP) is 2.99. The van der Waals surface area contributed by atoms with Crippen molar-refractivity contribution in [3.05, 3.63) is 62.1 Å². The number of halogens is 2. The fourth-order valence-corrected chi connectivity index (χ4v) is 2.95. The quantitative estimate of drug-likeness (QED) is 0.638. The molecule has 0 radical (unpaired) electrons. The number of aliphatic carboxylic acids is 1. The first-order chi connectivity index (χ1) is 11.0. The molecule has 4 nitrogen and oxygen atoms in total. The number of benzene rings is 2. The van der Waals surface area contributed by atoms with Crippen molar-refractivity contribution in [2.45, 2.75) is 12.8 Å². The molecule has 2 aromatic rings. The van der Waals surface area contributed by atoms with Crippen molar-refractivity contribution >= 4 is 56.1 Å². The number of anilines is 1. The lowest BCUT2D eigenvalue weighted by Crippen LogP contribution is -2.32. The summed E-state index contributed by atoms with van der Waals surface area (Å²) in [6, 6.07) is 14.8. The molecule has 1 N–H and O–H groups in total. The fourth-order valence-electron chi connectivity index (χ4n) is 2.16. The highest BCUT2D eigenvalue weighted by Gasteiger charge is 2.20. The molecule has 6 heteroatoms. The Labute approximate surface area is 156 Å². The van der Waals surface area contributed by atoms with Gasteiger partial charge in [-0.1, -0.05) is 40.2 Å². The van der Waals surface area contributed by atoms with E-state index in [2.05, 4.69) is 43.8 Å². The third-order valence-electron chi connectivity index (χ3n) is 3.31. The number of carbonyl (C=O) groups excluding carboxylic acids is 2. The molecule has 0 spiro atoms. The van der Waals surface area contributed by atoms with Crippen molar-refractivity contribution in [3.8, 4) is 0 Å². The summed E-state index contributed by atoms with van der Waals surface area (Å²) in [5, 5.41) is 13.8. The molecular weight excluding hydrogens is 473 g/mol. The van der Waals surface area contributed by atoms with E-state index in [9.17, 15) is 14.7 Å². The Morgan fingerprint density at radius 2 is 1.78 bits per heavy atom. The third kappa shape index (κ3) is 5.62. The Morgan fingerprint density at radius 3 is 2.39 bits per heavy atom. The molecule has 2 rings (SSSR count). The summed E-state index contributed by atoms with van der Waals surface area (Å²) >= 11 is 5.47. The largest absolute Gasteiger partial charge is 0.550 e. The van der Waals surface area contributed by atoms with Crippen LogP contribution in [0.15, 0.2) is 53.0 Å². The Balaban J connectivity index is 2.13. The van der Waals surface area contributed by atoms with Crippen LogP contribution >= 0.6 is 38.5 Å². The topological polar surface area (TPSA) is 69.2 Å². The van der Waals surface area contributed by atoms with Crippen molar-refractivity contribution < 1.29 is 14.7 Å². The summed E-state index contributed by atoms with van der Waals surface area (Å²) in [5.41, 5.74) is 1.58. The molecule has 23 heavy (non-hydrogen) atoms. The molecule has 0 unspecified atom stereocenters. The highest BCUT2D eigenvalue weighted by Crippen LogP contribution is 2.21. The highest BCUT2D eigenvalue weighted by atomic mass is 127. The standard InChI is InChI=1S/C17H15BrINO3/c18-13-7-5-11(6-8-13)9-12(10-16(21)22)17(23)20-15-4-2-1-3-14(15)19/h1-8,12H,9-10H2,(H,20,23)(H,21,22)/p-1/t12-/m1/s1. The van der Waals surface area contributed by atoms with Gasteiger partial charge in [0.05, 0.1) is 5.69 Å². The second-order valence-electron chi connectivity index (χ2n) is 5.07. The first kappa shape index (κ1) is 17.9. The molecule has 2 aromatic carbocycles. The molecule has 0 aliphatic heterocycles. The van der Waals surface area contributed by atoms with E-state index in [-0.39, 0.29) is 12.3 Å². The third-order valence-corrected chi connectivity index (χ3v) is 4.78. The van der Waals surface area contributed by atoms with Crippen LogP contribution in [0.25, 0.3) is 0 Å². The zero-order valence-electron chi connectivity index (χ0n) is 12.1. The normalized spacial score (nSPS) is 11.7. The predicted molar refractivity (Wildman–Crippen MR) is 98.7 cm³/mol. The van der Waals surface area contributed by atoms with E-state index in [0.29, 0.717) is 12.1 Å². The van der Waals surface area contributed by atoms with Gasteiger partial charge in [0.15, 0.2) is 0 Å². The summed E-state index contributed by atoms with van der Waals surface area (Å²) in [4.78, 5) is 23.4. The van der Waals surface area contributed by atoms with Gasteiger partial charge in [-0.3, -0.25) is 4.79 Å². The SMILES string of the molecule is O=C([O-])C[C@@H](Cc1ccc(Br)cc1)C(=O)Nc1ccccc1I. The maximum Gasteiger partial charge on any atom is 0.228 e. The van der Waals surface area contributed by atoms with Crippen molar-refractivity contribution in [3.63, 3.8) is 0 Å². The van der Waals surface area contributed by atoms with Gasteiger partial charge in [0, 0.05) is 19.9 Å². The fraction of sp³-hybridized carbons (Fsp3) is 0.176. The molecule has 0 aliphatic rings. The van der Waals surface area contributed by atoms with Gasteiger partial charge in [0.1, 0.15) is 0 Å². The number of hydrogen-bond acceptors (Lipinski definition) is 3. The molecule has 0 aliphatic carbocycles. The van der Waals surface area contributed by atoms with Gasteiger partial charge in [0.2, 0.25) is 5.91 Å². The Hall–Kier alpha value is -1.41. The van der Waals surface area contributed by atoms with E-state index < -0.39 is 11.9 Å².